The summed E-state index contributed by atoms with van der Waals surface area (Å²) in [5, 5.41) is 7.72. The van der Waals surface area contributed by atoms with Gasteiger partial charge in [0.2, 0.25) is 9.47 Å². The van der Waals surface area contributed by atoms with Gasteiger partial charge in [-0.15, -0.1) is 10.2 Å². The lowest BCUT2D eigenvalue weighted by molar-refractivity contribution is 0.0671. The molecule has 0 N–H and O–H groups in total. The number of rotatable bonds is 6. The molecule has 0 bridgehead atoms. The zero-order valence-corrected chi connectivity index (χ0v) is 11.7. The molecule has 0 atom stereocenters. The van der Waals surface area contributed by atoms with Gasteiger partial charge >= 0.3 is 0 Å². The highest BCUT2D eigenvalue weighted by molar-refractivity contribution is 7.17. The molecule has 5 nitrogen and oxygen atoms in total. The minimum atomic E-state index is -0.139. The maximum Gasteiger partial charge on any atom is 0.284 e. The van der Waals surface area contributed by atoms with E-state index in [1.54, 1.807) is 12.0 Å². The topological polar surface area (TPSA) is 55.3 Å². The highest BCUT2D eigenvalue weighted by Crippen LogP contribution is 2.17. The Kier molecular flexibility index (Phi) is 5.80. The van der Waals surface area contributed by atoms with Crippen molar-refractivity contribution in [3.8, 4) is 0 Å². The smallest absolute Gasteiger partial charge is 0.284 e. The molecule has 0 spiro atoms. The van der Waals surface area contributed by atoms with E-state index in [-0.39, 0.29) is 10.4 Å². The fourth-order valence-corrected chi connectivity index (χ4v) is 2.14. The number of hydrogen-bond acceptors (Lipinski definition) is 5. The Labute approximate surface area is 110 Å². The Balaban J connectivity index is 2.71. The van der Waals surface area contributed by atoms with E-state index in [2.05, 4.69) is 24.0 Å². The van der Waals surface area contributed by atoms with E-state index in [0.717, 1.165) is 11.3 Å². The maximum absolute atomic E-state index is 12.1. The molecular weight excluding hydrogens is 262 g/mol. The van der Waals surface area contributed by atoms with Crippen molar-refractivity contribution >= 4 is 28.8 Å². The number of ether oxygens (including phenoxy) is 1. The van der Waals surface area contributed by atoms with Gasteiger partial charge in [0.05, 0.1) is 6.61 Å². The van der Waals surface area contributed by atoms with Crippen LogP contribution in [0.25, 0.3) is 0 Å². The first kappa shape index (κ1) is 14.3. The van der Waals surface area contributed by atoms with Crippen molar-refractivity contribution < 1.29 is 9.53 Å². The summed E-state index contributed by atoms with van der Waals surface area (Å²) >= 11 is 6.76. The molecule has 1 rings (SSSR count). The summed E-state index contributed by atoms with van der Waals surface area (Å²) in [6, 6.07) is 0. The SMILES string of the molecule is COCCN(CC(C)C)C(=O)c1nnc(Cl)s1. The number of halogens is 1. The summed E-state index contributed by atoms with van der Waals surface area (Å²) in [6.07, 6.45) is 0. The molecule has 96 valence electrons. The average Bonchev–Trinajstić information content (AvgIpc) is 2.69. The normalized spacial score (nSPS) is 10.9. The lowest BCUT2D eigenvalue weighted by atomic mass is 10.2. The molecule has 0 radical (unpaired) electrons. The van der Waals surface area contributed by atoms with E-state index in [4.69, 9.17) is 16.3 Å². The quantitative estimate of drug-likeness (QED) is 0.797. The van der Waals surface area contributed by atoms with E-state index in [9.17, 15) is 4.79 Å². The van der Waals surface area contributed by atoms with E-state index < -0.39 is 0 Å². The van der Waals surface area contributed by atoms with Crippen molar-refractivity contribution in [2.45, 2.75) is 13.8 Å². The molecule has 1 heterocycles. The second kappa shape index (κ2) is 6.88. The van der Waals surface area contributed by atoms with Gasteiger partial charge in [0.25, 0.3) is 5.91 Å². The van der Waals surface area contributed by atoms with E-state index >= 15 is 0 Å². The van der Waals surface area contributed by atoms with Crippen molar-refractivity contribution in [2.75, 3.05) is 26.8 Å². The Morgan fingerprint density at radius 1 is 1.53 bits per heavy atom. The molecule has 0 aliphatic carbocycles. The first-order valence-corrected chi connectivity index (χ1v) is 6.51. The third-order valence-corrected chi connectivity index (χ3v) is 3.03. The van der Waals surface area contributed by atoms with E-state index in [0.29, 0.717) is 30.6 Å². The van der Waals surface area contributed by atoms with Gasteiger partial charge in [-0.2, -0.15) is 0 Å². The Hall–Kier alpha value is -0.720. The molecule has 0 saturated carbocycles. The van der Waals surface area contributed by atoms with Crippen LogP contribution in [0.4, 0.5) is 0 Å². The van der Waals surface area contributed by atoms with Crippen LogP contribution in [0.1, 0.15) is 23.6 Å². The van der Waals surface area contributed by atoms with Gasteiger partial charge in [-0.1, -0.05) is 25.2 Å². The molecule has 1 aromatic rings. The van der Waals surface area contributed by atoms with Gasteiger partial charge in [-0.05, 0) is 17.5 Å². The van der Waals surface area contributed by atoms with Crippen molar-refractivity contribution in [3.05, 3.63) is 9.47 Å². The zero-order chi connectivity index (χ0) is 12.8. The fraction of sp³-hybridized carbons (Fsp3) is 0.700. The van der Waals surface area contributed by atoms with Crippen LogP contribution in [-0.4, -0.2) is 47.8 Å². The predicted molar refractivity (Wildman–Crippen MR) is 67.5 cm³/mol. The van der Waals surface area contributed by atoms with E-state index in [1.807, 2.05) is 0 Å². The summed E-state index contributed by atoms with van der Waals surface area (Å²) in [4.78, 5) is 13.8. The molecule has 0 aromatic carbocycles. The molecule has 0 saturated heterocycles. The van der Waals surface area contributed by atoms with Gasteiger partial charge in [-0.25, -0.2) is 0 Å². The van der Waals surface area contributed by atoms with Crippen LogP contribution in [-0.2, 0) is 4.74 Å². The molecule has 7 heteroatoms. The van der Waals surface area contributed by atoms with Crippen LogP contribution in [0, 0.1) is 5.92 Å². The van der Waals surface area contributed by atoms with Crippen LogP contribution in [0.15, 0.2) is 0 Å². The molecule has 0 aliphatic rings. The molecular formula is C10H16ClN3O2S. The van der Waals surface area contributed by atoms with Crippen LogP contribution < -0.4 is 0 Å². The molecule has 1 amide bonds. The first-order chi connectivity index (χ1) is 8.04. The molecule has 17 heavy (non-hydrogen) atoms. The Morgan fingerprint density at radius 3 is 2.71 bits per heavy atom. The second-order valence-corrected chi connectivity index (χ2v) is 5.56. The van der Waals surface area contributed by atoms with Crippen molar-refractivity contribution in [3.63, 3.8) is 0 Å². The van der Waals surface area contributed by atoms with Crippen LogP contribution in [0.3, 0.4) is 0 Å². The standard InChI is InChI=1S/C10H16ClN3O2S/c1-7(2)6-14(4-5-16-3)9(15)8-12-13-10(11)17-8/h7H,4-6H2,1-3H3. The van der Waals surface area contributed by atoms with Gasteiger partial charge in [0.15, 0.2) is 0 Å². The van der Waals surface area contributed by atoms with Crippen molar-refractivity contribution in [1.29, 1.82) is 0 Å². The number of hydrogen-bond donors (Lipinski definition) is 0. The third kappa shape index (κ3) is 4.57. The minimum Gasteiger partial charge on any atom is -0.383 e. The van der Waals surface area contributed by atoms with E-state index in [1.165, 1.54) is 0 Å². The van der Waals surface area contributed by atoms with Crippen molar-refractivity contribution in [1.82, 2.24) is 15.1 Å². The summed E-state index contributed by atoms with van der Waals surface area (Å²) < 4.78 is 5.27. The number of nitrogens with zero attached hydrogens (tertiary/aromatic N) is 3. The number of amides is 1. The molecule has 0 unspecified atom stereocenters. The second-order valence-electron chi connectivity index (χ2n) is 4.00. The highest BCUT2D eigenvalue weighted by atomic mass is 35.5. The van der Waals surface area contributed by atoms with Crippen LogP contribution >= 0.6 is 22.9 Å². The zero-order valence-electron chi connectivity index (χ0n) is 10.1. The molecule has 1 aromatic heterocycles. The van der Waals surface area contributed by atoms with Crippen LogP contribution in [0.2, 0.25) is 4.47 Å². The van der Waals surface area contributed by atoms with Gasteiger partial charge in [-0.3, -0.25) is 4.79 Å². The summed E-state index contributed by atoms with van der Waals surface area (Å²) in [7, 11) is 1.61. The van der Waals surface area contributed by atoms with Gasteiger partial charge in [0, 0.05) is 20.2 Å². The van der Waals surface area contributed by atoms with Gasteiger partial charge in [0.1, 0.15) is 0 Å². The monoisotopic (exact) mass is 277 g/mol. The summed E-state index contributed by atoms with van der Waals surface area (Å²) in [6.45, 7) is 5.83. The Morgan fingerprint density at radius 2 is 2.24 bits per heavy atom. The highest BCUT2D eigenvalue weighted by Gasteiger charge is 2.20. The number of methoxy groups -OCH3 is 1. The number of aromatic nitrogens is 2. The maximum atomic E-state index is 12.1. The Bertz CT molecular complexity index is 370. The summed E-state index contributed by atoms with van der Waals surface area (Å²) in [5.41, 5.74) is 0. The third-order valence-electron chi connectivity index (χ3n) is 2.02. The predicted octanol–water partition coefficient (Wildman–Crippen LogP) is 1.94. The number of carbonyl (C=O) groups is 1. The lowest BCUT2D eigenvalue weighted by Gasteiger charge is -2.22. The largest absolute Gasteiger partial charge is 0.383 e. The molecule has 0 aliphatic heterocycles. The molecule has 0 fully saturated rings. The first-order valence-electron chi connectivity index (χ1n) is 5.31. The average molecular weight is 278 g/mol. The lowest BCUT2D eigenvalue weighted by Crippen LogP contribution is -2.36. The van der Waals surface area contributed by atoms with Crippen LogP contribution in [0.5, 0.6) is 0 Å². The number of carbonyl (C=O) groups excluding carboxylic acids is 1. The van der Waals surface area contributed by atoms with Gasteiger partial charge < -0.3 is 9.64 Å². The fourth-order valence-electron chi connectivity index (χ4n) is 1.35. The van der Waals surface area contributed by atoms with Crippen molar-refractivity contribution in [2.24, 2.45) is 5.92 Å². The summed E-state index contributed by atoms with van der Waals surface area (Å²) in [5.74, 6) is 0.249. The minimum absolute atomic E-state index is 0.139.